The third kappa shape index (κ3) is 3.28. The monoisotopic (exact) mass is 380 g/mol. The predicted octanol–water partition coefficient (Wildman–Crippen LogP) is 1.57. The van der Waals surface area contributed by atoms with Gasteiger partial charge in [0.2, 0.25) is 15.9 Å². The number of rotatable bonds is 4. The molecule has 1 heterocycles. The standard InChI is InChI=1S/C19H28N2O4S/c1-10-6-11(2)14(5)18(13(10)4)26(24,25)21-9-15(22)8-17(21)19(23)20-16-7-12(16)3/h6,12,15-17,22H,7-9H2,1-5H3,(H,20,23)/t12?,15?,16?,17-/m0/s1. The molecule has 0 radical (unpaired) electrons. The van der Waals surface area contributed by atoms with Crippen molar-refractivity contribution < 1.29 is 18.3 Å². The van der Waals surface area contributed by atoms with Crippen molar-refractivity contribution in [3.8, 4) is 0 Å². The minimum atomic E-state index is -3.89. The first-order valence-electron chi connectivity index (χ1n) is 9.11. The molecule has 4 atom stereocenters. The Morgan fingerprint density at radius 2 is 1.69 bits per heavy atom. The summed E-state index contributed by atoms with van der Waals surface area (Å²) in [6, 6.07) is 1.23. The van der Waals surface area contributed by atoms with Crippen molar-refractivity contribution in [1.82, 2.24) is 9.62 Å². The number of aliphatic hydroxyl groups is 1. The Bertz CT molecular complexity index is 823. The Kier molecular flexibility index (Phi) is 4.92. The van der Waals surface area contributed by atoms with Crippen LogP contribution >= 0.6 is 0 Å². The minimum absolute atomic E-state index is 0.0491. The van der Waals surface area contributed by atoms with E-state index in [1.807, 2.05) is 26.8 Å². The fourth-order valence-corrected chi connectivity index (χ4v) is 5.99. The van der Waals surface area contributed by atoms with Crippen LogP contribution in [0.5, 0.6) is 0 Å². The van der Waals surface area contributed by atoms with Crippen molar-refractivity contribution in [3.05, 3.63) is 28.3 Å². The molecular weight excluding hydrogens is 352 g/mol. The van der Waals surface area contributed by atoms with Gasteiger partial charge in [-0.15, -0.1) is 0 Å². The Morgan fingerprint density at radius 3 is 2.19 bits per heavy atom. The zero-order valence-corrected chi connectivity index (χ0v) is 16.9. The Morgan fingerprint density at radius 1 is 1.15 bits per heavy atom. The van der Waals surface area contributed by atoms with E-state index in [0.29, 0.717) is 17.0 Å². The second-order valence-electron chi connectivity index (χ2n) is 7.90. The van der Waals surface area contributed by atoms with Gasteiger partial charge in [0.1, 0.15) is 6.04 Å². The lowest BCUT2D eigenvalue weighted by molar-refractivity contribution is -0.124. The van der Waals surface area contributed by atoms with E-state index < -0.39 is 22.2 Å². The molecule has 1 aromatic rings. The van der Waals surface area contributed by atoms with Crippen LogP contribution in [0.1, 0.15) is 42.0 Å². The highest BCUT2D eigenvalue weighted by Crippen LogP contribution is 2.34. The number of hydrogen-bond donors (Lipinski definition) is 2. The first-order valence-corrected chi connectivity index (χ1v) is 10.6. The highest BCUT2D eigenvalue weighted by atomic mass is 32.2. The normalized spacial score (nSPS) is 29.0. The van der Waals surface area contributed by atoms with E-state index in [-0.39, 0.29) is 29.8 Å². The maximum absolute atomic E-state index is 13.4. The molecule has 144 valence electrons. The molecule has 1 saturated heterocycles. The minimum Gasteiger partial charge on any atom is -0.392 e. The molecule has 0 spiro atoms. The smallest absolute Gasteiger partial charge is 0.244 e. The van der Waals surface area contributed by atoms with E-state index in [0.717, 1.165) is 17.5 Å². The van der Waals surface area contributed by atoms with Crippen LogP contribution in [0.3, 0.4) is 0 Å². The van der Waals surface area contributed by atoms with Crippen LogP contribution in [0.15, 0.2) is 11.0 Å². The van der Waals surface area contributed by atoms with Crippen LogP contribution in [-0.4, -0.2) is 48.5 Å². The van der Waals surface area contributed by atoms with E-state index in [1.165, 1.54) is 4.31 Å². The first-order chi connectivity index (χ1) is 12.0. The molecule has 0 bridgehead atoms. The van der Waals surface area contributed by atoms with Gasteiger partial charge in [0, 0.05) is 19.0 Å². The molecule has 1 aromatic carbocycles. The highest BCUT2D eigenvalue weighted by molar-refractivity contribution is 7.89. The van der Waals surface area contributed by atoms with Crippen molar-refractivity contribution in [2.24, 2.45) is 5.92 Å². The SMILES string of the molecule is Cc1cc(C)c(C)c(S(=O)(=O)N2CC(O)C[C@H]2C(=O)NC2CC2C)c1C. The van der Waals surface area contributed by atoms with Crippen LogP contribution in [0.4, 0.5) is 0 Å². The summed E-state index contributed by atoms with van der Waals surface area (Å²) in [5, 5.41) is 13.0. The molecular formula is C19H28N2O4S. The number of hydrogen-bond acceptors (Lipinski definition) is 4. The van der Waals surface area contributed by atoms with Crippen molar-refractivity contribution >= 4 is 15.9 Å². The Labute approximate surface area is 155 Å². The van der Waals surface area contributed by atoms with Gasteiger partial charge in [0.05, 0.1) is 11.0 Å². The summed E-state index contributed by atoms with van der Waals surface area (Å²) >= 11 is 0. The van der Waals surface area contributed by atoms with E-state index in [2.05, 4.69) is 5.32 Å². The zero-order valence-electron chi connectivity index (χ0n) is 16.0. The van der Waals surface area contributed by atoms with Crippen LogP contribution in [0.2, 0.25) is 0 Å². The lowest BCUT2D eigenvalue weighted by Crippen LogP contribution is -2.47. The Hall–Kier alpha value is -1.44. The van der Waals surface area contributed by atoms with Crippen LogP contribution in [0.25, 0.3) is 0 Å². The van der Waals surface area contributed by atoms with Gasteiger partial charge in [0.25, 0.3) is 0 Å². The summed E-state index contributed by atoms with van der Waals surface area (Å²) in [5.74, 6) is 0.124. The number of nitrogens with zero attached hydrogens (tertiary/aromatic N) is 1. The molecule has 2 aliphatic rings. The number of β-amino-alcohol motifs (C(OH)–C–C–N with tert-alkyl or cyclic N) is 1. The number of amides is 1. The summed E-state index contributed by atoms with van der Waals surface area (Å²) in [6.45, 7) is 9.36. The first kappa shape index (κ1) is 19.3. The van der Waals surface area contributed by atoms with Gasteiger partial charge in [-0.05, 0) is 62.3 Å². The average Bonchev–Trinajstić information content (AvgIpc) is 3.06. The molecule has 1 amide bonds. The van der Waals surface area contributed by atoms with Gasteiger partial charge in [-0.2, -0.15) is 4.31 Å². The molecule has 2 fully saturated rings. The largest absolute Gasteiger partial charge is 0.392 e. The third-order valence-corrected chi connectivity index (χ3v) is 7.99. The van der Waals surface area contributed by atoms with Crippen molar-refractivity contribution in [2.75, 3.05) is 6.54 Å². The number of carbonyl (C=O) groups is 1. The van der Waals surface area contributed by atoms with Gasteiger partial charge in [-0.25, -0.2) is 8.42 Å². The van der Waals surface area contributed by atoms with Gasteiger partial charge >= 0.3 is 0 Å². The molecule has 0 aromatic heterocycles. The maximum Gasteiger partial charge on any atom is 0.244 e. The molecule has 1 saturated carbocycles. The molecule has 6 nitrogen and oxygen atoms in total. The summed E-state index contributed by atoms with van der Waals surface area (Å²) in [4.78, 5) is 12.9. The highest BCUT2D eigenvalue weighted by Gasteiger charge is 2.46. The van der Waals surface area contributed by atoms with Crippen LogP contribution < -0.4 is 5.32 Å². The number of aliphatic hydroxyl groups excluding tert-OH is 1. The van der Waals surface area contributed by atoms with E-state index in [9.17, 15) is 18.3 Å². The quantitative estimate of drug-likeness (QED) is 0.830. The average molecular weight is 381 g/mol. The van der Waals surface area contributed by atoms with Crippen LogP contribution in [-0.2, 0) is 14.8 Å². The number of aryl methyl sites for hydroxylation is 2. The molecule has 26 heavy (non-hydrogen) atoms. The van der Waals surface area contributed by atoms with Gasteiger partial charge in [0.15, 0.2) is 0 Å². The van der Waals surface area contributed by atoms with Gasteiger partial charge in [-0.1, -0.05) is 13.0 Å². The molecule has 2 N–H and O–H groups in total. The van der Waals surface area contributed by atoms with E-state index in [4.69, 9.17) is 0 Å². The van der Waals surface area contributed by atoms with Crippen LogP contribution in [0, 0.1) is 33.6 Å². The molecule has 1 aliphatic heterocycles. The summed E-state index contributed by atoms with van der Waals surface area (Å²) < 4.78 is 28.1. The fourth-order valence-electron chi connectivity index (χ4n) is 3.78. The number of carbonyl (C=O) groups excluding carboxylic acids is 1. The predicted molar refractivity (Wildman–Crippen MR) is 99.4 cm³/mol. The molecule has 3 rings (SSSR count). The topological polar surface area (TPSA) is 86.7 Å². The second kappa shape index (κ2) is 6.62. The summed E-state index contributed by atoms with van der Waals surface area (Å²) in [6.07, 6.45) is 0.224. The van der Waals surface area contributed by atoms with Crippen molar-refractivity contribution in [1.29, 1.82) is 0 Å². The zero-order chi connectivity index (χ0) is 19.4. The second-order valence-corrected chi connectivity index (χ2v) is 9.72. The van der Waals surface area contributed by atoms with Crippen molar-refractivity contribution in [3.63, 3.8) is 0 Å². The lowest BCUT2D eigenvalue weighted by atomic mass is 10.0. The van der Waals surface area contributed by atoms with E-state index in [1.54, 1.807) is 13.8 Å². The number of nitrogens with one attached hydrogen (secondary N) is 1. The van der Waals surface area contributed by atoms with Gasteiger partial charge < -0.3 is 10.4 Å². The summed E-state index contributed by atoms with van der Waals surface area (Å²) in [5.41, 5.74) is 3.20. The van der Waals surface area contributed by atoms with Crippen molar-refractivity contribution in [2.45, 2.75) is 70.5 Å². The molecule has 1 aliphatic carbocycles. The Balaban J connectivity index is 1.99. The third-order valence-electron chi connectivity index (χ3n) is 5.84. The molecule has 7 heteroatoms. The van der Waals surface area contributed by atoms with E-state index >= 15 is 0 Å². The summed E-state index contributed by atoms with van der Waals surface area (Å²) in [7, 11) is -3.89. The number of benzene rings is 1. The number of sulfonamides is 1. The lowest BCUT2D eigenvalue weighted by Gasteiger charge is -2.26. The fraction of sp³-hybridized carbons (Fsp3) is 0.632. The maximum atomic E-state index is 13.4. The molecule has 3 unspecified atom stereocenters. The van der Waals surface area contributed by atoms with Gasteiger partial charge in [-0.3, -0.25) is 4.79 Å².